The number of fused-ring (bicyclic) bond motifs is 1. The van der Waals surface area contributed by atoms with Crippen molar-refractivity contribution in [3.05, 3.63) is 23.8 Å². The zero-order chi connectivity index (χ0) is 11.1. The summed E-state index contributed by atoms with van der Waals surface area (Å²) in [7, 11) is 3.45. The van der Waals surface area contributed by atoms with Crippen molar-refractivity contribution in [2.45, 2.75) is 5.92 Å². The van der Waals surface area contributed by atoms with E-state index >= 15 is 0 Å². The van der Waals surface area contributed by atoms with Gasteiger partial charge in [0.25, 0.3) is 0 Å². The summed E-state index contributed by atoms with van der Waals surface area (Å²) >= 11 is 0. The fourth-order valence-electron chi connectivity index (χ4n) is 2.98. The molecule has 2 aliphatic rings. The molecule has 1 N–H and O–H groups in total. The lowest BCUT2D eigenvalue weighted by atomic mass is 10.1. The minimum atomic E-state index is 0.672. The van der Waals surface area contributed by atoms with Crippen molar-refractivity contribution in [2.24, 2.45) is 11.8 Å². The van der Waals surface area contributed by atoms with Crippen molar-refractivity contribution in [1.82, 2.24) is 5.32 Å². The molecule has 3 heteroatoms. The molecule has 1 aromatic carbocycles. The molecule has 2 fully saturated rings. The molecule has 2 unspecified atom stereocenters. The Labute approximate surface area is 95.8 Å². The highest BCUT2D eigenvalue weighted by molar-refractivity contribution is 5.46. The minimum absolute atomic E-state index is 0.672. The second kappa shape index (κ2) is 3.67. The lowest BCUT2D eigenvalue weighted by Crippen LogP contribution is -2.14. The van der Waals surface area contributed by atoms with Gasteiger partial charge in [0.15, 0.2) is 0 Å². The molecule has 2 atom stereocenters. The van der Waals surface area contributed by atoms with Crippen molar-refractivity contribution in [2.75, 3.05) is 27.3 Å². The predicted octanol–water partition coefficient (Wildman–Crippen LogP) is 1.64. The Morgan fingerprint density at radius 2 is 1.88 bits per heavy atom. The molecule has 16 heavy (non-hydrogen) atoms. The Morgan fingerprint density at radius 1 is 1.12 bits per heavy atom. The Hall–Kier alpha value is -1.22. The first-order valence-corrected chi connectivity index (χ1v) is 5.78. The highest BCUT2D eigenvalue weighted by atomic mass is 16.5. The van der Waals surface area contributed by atoms with Gasteiger partial charge >= 0.3 is 0 Å². The smallest absolute Gasteiger partial charge is 0.122 e. The van der Waals surface area contributed by atoms with Gasteiger partial charge in [0.05, 0.1) is 14.2 Å². The standard InChI is InChI=1S/C13H17NO2/c1-15-8-3-4-12(16-2)9(5-8)13-10-6-14-7-11(10)13/h3-5,10-11,13-14H,6-7H2,1-2H3. The molecule has 1 aromatic rings. The molecule has 0 aromatic heterocycles. The Kier molecular flexibility index (Phi) is 2.28. The van der Waals surface area contributed by atoms with Gasteiger partial charge in [0.1, 0.15) is 11.5 Å². The van der Waals surface area contributed by atoms with E-state index in [-0.39, 0.29) is 0 Å². The molecule has 1 saturated heterocycles. The van der Waals surface area contributed by atoms with Crippen LogP contribution in [0.15, 0.2) is 18.2 Å². The number of hydrogen-bond donors (Lipinski definition) is 1. The van der Waals surface area contributed by atoms with Crippen LogP contribution in [0.25, 0.3) is 0 Å². The lowest BCUT2D eigenvalue weighted by molar-refractivity contribution is 0.397. The van der Waals surface area contributed by atoms with Gasteiger partial charge in [0, 0.05) is 5.56 Å². The zero-order valence-corrected chi connectivity index (χ0v) is 9.69. The van der Waals surface area contributed by atoms with Crippen LogP contribution in [-0.4, -0.2) is 27.3 Å². The van der Waals surface area contributed by atoms with E-state index in [0.29, 0.717) is 5.92 Å². The molecule has 1 saturated carbocycles. The Bertz CT molecular complexity index is 395. The zero-order valence-electron chi connectivity index (χ0n) is 9.69. The second-order valence-corrected chi connectivity index (χ2v) is 4.62. The van der Waals surface area contributed by atoms with E-state index in [4.69, 9.17) is 9.47 Å². The summed E-state index contributed by atoms with van der Waals surface area (Å²) in [5.74, 6) is 4.21. The highest BCUT2D eigenvalue weighted by Gasteiger charge is 2.54. The van der Waals surface area contributed by atoms with Crippen molar-refractivity contribution in [3.8, 4) is 11.5 Å². The largest absolute Gasteiger partial charge is 0.497 e. The van der Waals surface area contributed by atoms with E-state index in [0.717, 1.165) is 36.4 Å². The third kappa shape index (κ3) is 1.39. The van der Waals surface area contributed by atoms with E-state index in [9.17, 15) is 0 Å². The molecule has 0 bridgehead atoms. The summed E-state index contributed by atoms with van der Waals surface area (Å²) in [6, 6.07) is 6.09. The first-order chi connectivity index (χ1) is 7.85. The van der Waals surface area contributed by atoms with Crippen LogP contribution in [0.4, 0.5) is 0 Å². The summed E-state index contributed by atoms with van der Waals surface area (Å²) in [5.41, 5.74) is 1.32. The van der Waals surface area contributed by atoms with E-state index in [1.54, 1.807) is 14.2 Å². The molecule has 0 amide bonds. The SMILES string of the molecule is COc1ccc(OC)c(C2C3CNCC32)c1. The van der Waals surface area contributed by atoms with Crippen LogP contribution in [0.5, 0.6) is 11.5 Å². The molecule has 1 aliphatic carbocycles. The van der Waals surface area contributed by atoms with E-state index in [1.165, 1.54) is 5.56 Å². The van der Waals surface area contributed by atoms with Gasteiger partial charge in [-0.1, -0.05) is 0 Å². The fourth-order valence-corrected chi connectivity index (χ4v) is 2.98. The Morgan fingerprint density at radius 3 is 2.50 bits per heavy atom. The van der Waals surface area contributed by atoms with Crippen molar-refractivity contribution in [1.29, 1.82) is 0 Å². The number of benzene rings is 1. The third-order valence-electron chi connectivity index (χ3n) is 3.89. The number of piperidine rings is 1. The topological polar surface area (TPSA) is 30.5 Å². The van der Waals surface area contributed by atoms with Crippen LogP contribution in [0.1, 0.15) is 11.5 Å². The molecular formula is C13H17NO2. The van der Waals surface area contributed by atoms with Gasteiger partial charge in [-0.15, -0.1) is 0 Å². The molecule has 1 heterocycles. The van der Waals surface area contributed by atoms with Crippen molar-refractivity contribution >= 4 is 0 Å². The van der Waals surface area contributed by atoms with Gasteiger partial charge < -0.3 is 14.8 Å². The van der Waals surface area contributed by atoms with E-state index < -0.39 is 0 Å². The summed E-state index contributed by atoms with van der Waals surface area (Å²) in [6.07, 6.45) is 0. The summed E-state index contributed by atoms with van der Waals surface area (Å²) in [5, 5.41) is 3.42. The highest BCUT2D eigenvalue weighted by Crippen LogP contribution is 2.58. The number of rotatable bonds is 3. The number of hydrogen-bond acceptors (Lipinski definition) is 3. The van der Waals surface area contributed by atoms with E-state index in [1.807, 2.05) is 12.1 Å². The lowest BCUT2D eigenvalue weighted by Gasteiger charge is -2.12. The third-order valence-corrected chi connectivity index (χ3v) is 3.89. The van der Waals surface area contributed by atoms with Gasteiger partial charge in [-0.05, 0) is 49.0 Å². The number of nitrogens with one attached hydrogen (secondary N) is 1. The average Bonchev–Trinajstić information content (AvgIpc) is 2.80. The fraction of sp³-hybridized carbons (Fsp3) is 0.538. The van der Waals surface area contributed by atoms with Crippen molar-refractivity contribution in [3.63, 3.8) is 0 Å². The molecule has 0 spiro atoms. The predicted molar refractivity (Wildman–Crippen MR) is 62.1 cm³/mol. The molecule has 0 radical (unpaired) electrons. The molecule has 3 nitrogen and oxygen atoms in total. The van der Waals surface area contributed by atoms with Crippen LogP contribution in [0, 0.1) is 11.8 Å². The minimum Gasteiger partial charge on any atom is -0.497 e. The summed E-state index contributed by atoms with van der Waals surface area (Å²) in [4.78, 5) is 0. The maximum atomic E-state index is 5.44. The normalized spacial score (nSPS) is 31.0. The maximum Gasteiger partial charge on any atom is 0.122 e. The first kappa shape index (κ1) is 9.97. The van der Waals surface area contributed by atoms with Gasteiger partial charge in [-0.2, -0.15) is 0 Å². The molecule has 3 rings (SSSR count). The monoisotopic (exact) mass is 219 g/mol. The van der Waals surface area contributed by atoms with Gasteiger partial charge in [-0.3, -0.25) is 0 Å². The quantitative estimate of drug-likeness (QED) is 0.838. The van der Waals surface area contributed by atoms with Crippen LogP contribution in [-0.2, 0) is 0 Å². The Balaban J connectivity index is 1.92. The first-order valence-electron chi connectivity index (χ1n) is 5.78. The van der Waals surface area contributed by atoms with Gasteiger partial charge in [-0.25, -0.2) is 0 Å². The summed E-state index contributed by atoms with van der Waals surface area (Å²) in [6.45, 7) is 2.30. The van der Waals surface area contributed by atoms with Crippen LogP contribution in [0.3, 0.4) is 0 Å². The van der Waals surface area contributed by atoms with Crippen LogP contribution in [0.2, 0.25) is 0 Å². The van der Waals surface area contributed by atoms with Gasteiger partial charge in [0.2, 0.25) is 0 Å². The molecule has 86 valence electrons. The van der Waals surface area contributed by atoms with Crippen LogP contribution < -0.4 is 14.8 Å². The second-order valence-electron chi connectivity index (χ2n) is 4.62. The van der Waals surface area contributed by atoms with Crippen LogP contribution >= 0.6 is 0 Å². The van der Waals surface area contributed by atoms with E-state index in [2.05, 4.69) is 11.4 Å². The maximum absolute atomic E-state index is 5.44. The average molecular weight is 219 g/mol. The number of ether oxygens (including phenoxy) is 2. The van der Waals surface area contributed by atoms with Crippen molar-refractivity contribution < 1.29 is 9.47 Å². The molecular weight excluding hydrogens is 202 g/mol. The number of methoxy groups -OCH3 is 2. The summed E-state index contributed by atoms with van der Waals surface area (Å²) < 4.78 is 10.7. The molecule has 1 aliphatic heterocycles.